The summed E-state index contributed by atoms with van der Waals surface area (Å²) in [5.41, 5.74) is 2.92. The number of hydrogen-bond donors (Lipinski definition) is 4. The fourth-order valence-electron chi connectivity index (χ4n) is 4.43. The summed E-state index contributed by atoms with van der Waals surface area (Å²) in [6.45, 7) is 8.33. The van der Waals surface area contributed by atoms with E-state index < -0.39 is 12.1 Å². The number of allylic oxidation sites excluding steroid dienone is 2. The predicted octanol–water partition coefficient (Wildman–Crippen LogP) is 5.68. The number of benzene rings is 1. The number of aromatic nitrogens is 1. The van der Waals surface area contributed by atoms with Crippen molar-refractivity contribution in [2.24, 2.45) is 5.92 Å². The second-order valence-electron chi connectivity index (χ2n) is 10.2. The van der Waals surface area contributed by atoms with Gasteiger partial charge in [-0.25, -0.2) is 4.98 Å². The molecule has 3 atom stereocenters. The Labute approximate surface area is 220 Å². The van der Waals surface area contributed by atoms with Crippen LogP contribution >= 0.6 is 11.6 Å². The number of hydrogen-bond acceptors (Lipinski definition) is 5. The third-order valence-electron chi connectivity index (χ3n) is 6.60. The van der Waals surface area contributed by atoms with Crippen molar-refractivity contribution in [3.8, 4) is 0 Å². The highest BCUT2D eigenvalue weighted by molar-refractivity contribution is 6.29. The first-order valence-corrected chi connectivity index (χ1v) is 13.5. The fraction of sp³-hybridized carbons (Fsp3) is 0.517. The van der Waals surface area contributed by atoms with Gasteiger partial charge < -0.3 is 21.1 Å². The van der Waals surface area contributed by atoms with E-state index in [2.05, 4.69) is 78.1 Å². The topological polar surface area (TPSA) is 86.3 Å². The fourth-order valence-corrected chi connectivity index (χ4v) is 4.64. The van der Waals surface area contributed by atoms with Crippen LogP contribution in [0.25, 0.3) is 0 Å². The number of halogens is 1. The minimum atomic E-state index is -0.734. The van der Waals surface area contributed by atoms with Crippen LogP contribution in [0.5, 0.6) is 0 Å². The lowest BCUT2D eigenvalue weighted by atomic mass is 9.94. The number of rotatable bonds is 6. The van der Waals surface area contributed by atoms with Crippen molar-refractivity contribution in [2.45, 2.75) is 77.5 Å². The molecule has 1 aromatic heterocycles. The van der Waals surface area contributed by atoms with Crippen molar-refractivity contribution < 1.29 is 9.90 Å². The van der Waals surface area contributed by atoms with Gasteiger partial charge in [0.05, 0.1) is 12.1 Å². The van der Waals surface area contributed by atoms with E-state index >= 15 is 0 Å². The van der Waals surface area contributed by atoms with Gasteiger partial charge in [-0.3, -0.25) is 4.79 Å². The van der Waals surface area contributed by atoms with Gasteiger partial charge in [0.25, 0.3) is 5.91 Å². The molecule has 0 saturated heterocycles. The van der Waals surface area contributed by atoms with Gasteiger partial charge in [0, 0.05) is 25.2 Å². The van der Waals surface area contributed by atoms with Crippen molar-refractivity contribution in [3.63, 3.8) is 0 Å². The molecule has 7 heteroatoms. The van der Waals surface area contributed by atoms with Crippen molar-refractivity contribution in [2.75, 3.05) is 18.4 Å². The molecule has 2 aromatic rings. The average Bonchev–Trinajstić information content (AvgIpc) is 2.84. The number of aliphatic hydroxyl groups excluding tert-OH is 1. The smallest absolute Gasteiger partial charge is 0.251 e. The first-order valence-electron chi connectivity index (χ1n) is 13.2. The van der Waals surface area contributed by atoms with E-state index in [0.29, 0.717) is 42.7 Å². The molecule has 0 fully saturated rings. The standard InChI is InChI=1S/C29H41ClN4O2/c1-20(2)23-12-9-11-22(15-23)18-31-19-26(35)25-14-21(3)10-7-5-4-6-8-13-32-28-17-24(29(36)33-25)16-27(30)34-28/h5,7,9,11-12,15-17,20-21,25-26,31,35H,4,6,8,10,13-14,18-19H2,1-3H3,(H,32,34)(H,33,36)/b7-5-/t21-,25+,26-/m1/s1. The Balaban J connectivity index is 1.70. The van der Waals surface area contributed by atoms with Crippen molar-refractivity contribution in [3.05, 3.63) is 70.4 Å². The molecule has 1 aliphatic rings. The van der Waals surface area contributed by atoms with Crippen LogP contribution in [0.2, 0.25) is 5.15 Å². The molecule has 0 radical (unpaired) electrons. The third-order valence-corrected chi connectivity index (χ3v) is 6.80. The van der Waals surface area contributed by atoms with Gasteiger partial charge >= 0.3 is 0 Å². The Morgan fingerprint density at radius 1 is 1.19 bits per heavy atom. The lowest BCUT2D eigenvalue weighted by Crippen LogP contribution is -2.48. The van der Waals surface area contributed by atoms with Gasteiger partial charge in [0.1, 0.15) is 11.0 Å². The molecule has 0 saturated carbocycles. The number of pyridine rings is 1. The van der Waals surface area contributed by atoms with Gasteiger partial charge in [-0.15, -0.1) is 0 Å². The Morgan fingerprint density at radius 3 is 2.83 bits per heavy atom. The summed E-state index contributed by atoms with van der Waals surface area (Å²) in [7, 11) is 0. The Hall–Kier alpha value is -2.41. The highest BCUT2D eigenvalue weighted by Crippen LogP contribution is 2.19. The first kappa shape index (κ1) is 28.2. The number of carbonyl (C=O) groups is 1. The molecule has 1 aliphatic heterocycles. The van der Waals surface area contributed by atoms with E-state index in [1.807, 2.05) is 0 Å². The van der Waals surface area contributed by atoms with E-state index in [0.717, 1.165) is 32.2 Å². The maximum Gasteiger partial charge on any atom is 0.251 e. The van der Waals surface area contributed by atoms with Crippen LogP contribution in [0, 0.1) is 5.92 Å². The maximum atomic E-state index is 13.2. The molecule has 196 valence electrons. The minimum Gasteiger partial charge on any atom is -0.390 e. The molecule has 36 heavy (non-hydrogen) atoms. The van der Waals surface area contributed by atoms with Crippen LogP contribution in [0.3, 0.4) is 0 Å². The second-order valence-corrected chi connectivity index (χ2v) is 10.6. The maximum absolute atomic E-state index is 13.2. The largest absolute Gasteiger partial charge is 0.390 e. The summed E-state index contributed by atoms with van der Waals surface area (Å²) in [5, 5.41) is 21.1. The molecule has 6 nitrogen and oxygen atoms in total. The molecule has 2 heterocycles. The lowest BCUT2D eigenvalue weighted by Gasteiger charge is -2.27. The van der Waals surface area contributed by atoms with Crippen molar-refractivity contribution >= 4 is 23.3 Å². The molecule has 0 spiro atoms. The lowest BCUT2D eigenvalue weighted by molar-refractivity contribution is 0.0796. The Bertz CT molecular complexity index is 1010. The zero-order valence-corrected chi connectivity index (χ0v) is 22.5. The zero-order valence-electron chi connectivity index (χ0n) is 21.8. The van der Waals surface area contributed by atoms with E-state index in [1.165, 1.54) is 11.1 Å². The summed E-state index contributed by atoms with van der Waals surface area (Å²) in [4.78, 5) is 17.5. The second kappa shape index (κ2) is 14.4. The van der Waals surface area contributed by atoms with Crippen LogP contribution in [-0.2, 0) is 6.54 Å². The minimum absolute atomic E-state index is 0.258. The molecule has 1 aromatic carbocycles. The average molecular weight is 513 g/mol. The number of nitrogens with zero attached hydrogens (tertiary/aromatic N) is 1. The van der Waals surface area contributed by atoms with Gasteiger partial charge in [0.2, 0.25) is 0 Å². The Kier molecular flexibility index (Phi) is 11.2. The Morgan fingerprint density at radius 2 is 2.03 bits per heavy atom. The van der Waals surface area contributed by atoms with E-state index in [1.54, 1.807) is 12.1 Å². The normalized spacial score (nSPS) is 21.4. The molecule has 0 unspecified atom stereocenters. The van der Waals surface area contributed by atoms with Crippen LogP contribution in [0.15, 0.2) is 48.6 Å². The highest BCUT2D eigenvalue weighted by atomic mass is 35.5. The van der Waals surface area contributed by atoms with Crippen molar-refractivity contribution in [1.82, 2.24) is 15.6 Å². The van der Waals surface area contributed by atoms with Crippen molar-refractivity contribution in [1.29, 1.82) is 0 Å². The van der Waals surface area contributed by atoms with Crippen LogP contribution < -0.4 is 16.0 Å². The number of carbonyl (C=O) groups excluding carboxylic acids is 1. The van der Waals surface area contributed by atoms with Crippen LogP contribution in [0.4, 0.5) is 5.82 Å². The number of anilines is 1. The SMILES string of the molecule is CC(C)c1cccc(CNC[C@@H](O)[C@@H]2C[C@H](C)C/C=C\CCCCNc3cc(cc(Cl)n3)C(=O)N2)c1. The molecule has 3 rings (SSSR count). The summed E-state index contributed by atoms with van der Waals surface area (Å²) in [5.74, 6) is 1.11. The summed E-state index contributed by atoms with van der Waals surface area (Å²) in [6, 6.07) is 11.4. The predicted molar refractivity (Wildman–Crippen MR) is 149 cm³/mol. The van der Waals surface area contributed by atoms with Crippen LogP contribution in [-0.4, -0.2) is 41.2 Å². The van der Waals surface area contributed by atoms with Gasteiger partial charge in [-0.05, 0) is 67.2 Å². The molecule has 2 bridgehead atoms. The number of amides is 1. The van der Waals surface area contributed by atoms with E-state index in [9.17, 15) is 9.90 Å². The van der Waals surface area contributed by atoms with Gasteiger partial charge in [-0.2, -0.15) is 0 Å². The molecular weight excluding hydrogens is 472 g/mol. The van der Waals surface area contributed by atoms with Gasteiger partial charge in [-0.1, -0.05) is 68.8 Å². The van der Waals surface area contributed by atoms with E-state index in [4.69, 9.17) is 11.6 Å². The van der Waals surface area contributed by atoms with Crippen LogP contribution in [0.1, 0.15) is 80.3 Å². The highest BCUT2D eigenvalue weighted by Gasteiger charge is 2.24. The van der Waals surface area contributed by atoms with E-state index in [-0.39, 0.29) is 11.1 Å². The molecule has 1 amide bonds. The zero-order chi connectivity index (χ0) is 25.9. The third kappa shape index (κ3) is 9.23. The molecular formula is C29H41ClN4O2. The number of aliphatic hydroxyl groups is 1. The number of nitrogens with one attached hydrogen (secondary N) is 3. The molecule has 0 aliphatic carbocycles. The first-order chi connectivity index (χ1) is 17.3. The summed E-state index contributed by atoms with van der Waals surface area (Å²) < 4.78 is 0. The molecule has 4 N–H and O–H groups in total. The summed E-state index contributed by atoms with van der Waals surface area (Å²) in [6.07, 6.45) is 8.44. The number of fused-ring (bicyclic) bond motifs is 2. The monoisotopic (exact) mass is 512 g/mol. The quantitative estimate of drug-likeness (QED) is 0.295. The summed E-state index contributed by atoms with van der Waals surface area (Å²) >= 11 is 6.21. The van der Waals surface area contributed by atoms with Gasteiger partial charge in [0.15, 0.2) is 0 Å².